The van der Waals surface area contributed by atoms with Gasteiger partial charge in [-0.1, -0.05) is 0 Å². The van der Waals surface area contributed by atoms with E-state index in [-0.39, 0.29) is 0 Å². The Labute approximate surface area is 65.7 Å². The zero-order chi connectivity index (χ0) is 8.27. The molecule has 1 N–H and O–H groups in total. The fourth-order valence-corrected chi connectivity index (χ4v) is 0.857. The topological polar surface area (TPSA) is 42.4 Å². The van der Waals surface area contributed by atoms with E-state index >= 15 is 0 Å². The first kappa shape index (κ1) is 8.17. The van der Waals surface area contributed by atoms with E-state index in [4.69, 9.17) is 4.74 Å². The van der Waals surface area contributed by atoms with Crippen LogP contribution >= 0.6 is 0 Å². The number of hydrogen-bond acceptors (Lipinski definition) is 3. The minimum Gasteiger partial charge on any atom is -0.364 e. The van der Waals surface area contributed by atoms with Crippen molar-refractivity contribution in [2.45, 2.75) is 13.2 Å². The van der Waals surface area contributed by atoms with Crippen molar-refractivity contribution in [2.24, 2.45) is 0 Å². The maximum Gasteiger partial charge on any atom is 0.180 e. The fourth-order valence-electron chi connectivity index (χ4n) is 0.857. The highest BCUT2D eigenvalue weighted by Crippen LogP contribution is 2.12. The second-order valence-corrected chi connectivity index (χ2v) is 2.32. The Bertz CT molecular complexity index is 237. The lowest BCUT2D eigenvalue weighted by molar-refractivity contribution is -0.0770. The Hall–Kier alpha value is -0.930. The first-order valence-corrected chi connectivity index (χ1v) is 3.37. The summed E-state index contributed by atoms with van der Waals surface area (Å²) in [5.41, 5.74) is 1.61. The Kier molecular flexibility index (Phi) is 2.57. The maximum atomic E-state index is 9.20. The van der Waals surface area contributed by atoms with Crippen molar-refractivity contribution in [1.29, 1.82) is 0 Å². The average Bonchev–Trinajstić information content (AvgIpc) is 2.03. The molecule has 1 atom stereocenters. The number of aliphatic hydroxyl groups excluding tert-OH is 1. The summed E-state index contributed by atoms with van der Waals surface area (Å²) in [4.78, 5) is 3.99. The van der Waals surface area contributed by atoms with Crippen LogP contribution in [0.15, 0.2) is 18.3 Å². The number of aliphatic hydroxyl groups is 1. The summed E-state index contributed by atoms with van der Waals surface area (Å²) in [5, 5.41) is 9.20. The van der Waals surface area contributed by atoms with E-state index in [1.54, 1.807) is 18.3 Å². The maximum absolute atomic E-state index is 9.20. The lowest BCUT2D eigenvalue weighted by Crippen LogP contribution is -1.99. The molecule has 0 aromatic carbocycles. The van der Waals surface area contributed by atoms with Crippen LogP contribution in [0.5, 0.6) is 0 Å². The molecule has 0 radical (unpaired) electrons. The van der Waals surface area contributed by atoms with Crippen LogP contribution in [0.3, 0.4) is 0 Å². The van der Waals surface area contributed by atoms with E-state index in [0.717, 1.165) is 11.3 Å². The third kappa shape index (κ3) is 2.00. The van der Waals surface area contributed by atoms with Gasteiger partial charge in [-0.2, -0.15) is 0 Å². The average molecular weight is 153 g/mol. The van der Waals surface area contributed by atoms with Crippen LogP contribution in [-0.4, -0.2) is 17.2 Å². The molecule has 1 rings (SSSR count). The van der Waals surface area contributed by atoms with Gasteiger partial charge in [-0.15, -0.1) is 0 Å². The molecule has 1 heterocycles. The Morgan fingerprint density at radius 3 is 2.91 bits per heavy atom. The summed E-state index contributed by atoms with van der Waals surface area (Å²) < 4.78 is 4.72. The van der Waals surface area contributed by atoms with Crippen LogP contribution in [0.4, 0.5) is 0 Å². The number of methoxy groups -OCH3 is 1. The Morgan fingerprint density at radius 2 is 2.36 bits per heavy atom. The fraction of sp³-hybridized carbons (Fsp3) is 0.375. The third-order valence-corrected chi connectivity index (χ3v) is 1.43. The van der Waals surface area contributed by atoms with Gasteiger partial charge < -0.3 is 9.84 Å². The number of rotatable bonds is 2. The molecule has 0 bridgehead atoms. The first-order valence-electron chi connectivity index (χ1n) is 3.37. The number of aryl methyl sites for hydroxylation is 1. The Balaban J connectivity index is 2.86. The highest BCUT2D eigenvalue weighted by atomic mass is 16.6. The normalized spacial score (nSPS) is 13.0. The summed E-state index contributed by atoms with van der Waals surface area (Å²) in [7, 11) is 1.46. The van der Waals surface area contributed by atoms with E-state index in [1.165, 1.54) is 7.11 Å². The van der Waals surface area contributed by atoms with E-state index in [0.29, 0.717) is 0 Å². The van der Waals surface area contributed by atoms with Gasteiger partial charge in [0.1, 0.15) is 0 Å². The van der Waals surface area contributed by atoms with Crippen molar-refractivity contribution in [3.05, 3.63) is 29.6 Å². The minimum atomic E-state index is -0.836. The largest absolute Gasteiger partial charge is 0.364 e. The quantitative estimate of drug-likeness (QED) is 0.645. The zero-order valence-corrected chi connectivity index (χ0v) is 6.61. The summed E-state index contributed by atoms with van der Waals surface area (Å²) in [6.07, 6.45) is 0.809. The molecule has 0 fully saturated rings. The van der Waals surface area contributed by atoms with Crippen molar-refractivity contribution in [1.82, 2.24) is 4.98 Å². The molecule has 60 valence electrons. The molecule has 1 unspecified atom stereocenters. The molecule has 3 nitrogen and oxygen atoms in total. The van der Waals surface area contributed by atoms with E-state index in [2.05, 4.69) is 4.98 Å². The number of nitrogens with zero attached hydrogens (tertiary/aromatic N) is 1. The molecule has 0 saturated heterocycles. The van der Waals surface area contributed by atoms with Gasteiger partial charge in [0, 0.05) is 24.6 Å². The number of aromatic nitrogens is 1. The van der Waals surface area contributed by atoms with Gasteiger partial charge in [-0.05, 0) is 19.1 Å². The van der Waals surface area contributed by atoms with Crippen molar-refractivity contribution >= 4 is 0 Å². The molecular weight excluding hydrogens is 142 g/mol. The predicted octanol–water partition coefficient (Wildman–Crippen LogP) is 1.03. The second kappa shape index (κ2) is 3.46. The predicted molar refractivity (Wildman–Crippen MR) is 40.9 cm³/mol. The van der Waals surface area contributed by atoms with Crippen LogP contribution < -0.4 is 0 Å². The van der Waals surface area contributed by atoms with E-state index in [1.807, 2.05) is 6.92 Å². The lowest BCUT2D eigenvalue weighted by atomic mass is 10.2. The van der Waals surface area contributed by atoms with Crippen molar-refractivity contribution in [3.63, 3.8) is 0 Å². The van der Waals surface area contributed by atoms with Gasteiger partial charge in [-0.25, -0.2) is 0 Å². The summed E-state index contributed by atoms with van der Waals surface area (Å²) >= 11 is 0. The van der Waals surface area contributed by atoms with Crippen LogP contribution in [0.1, 0.15) is 17.5 Å². The molecule has 0 saturated carbocycles. The molecule has 0 amide bonds. The molecule has 0 aliphatic carbocycles. The summed E-state index contributed by atoms with van der Waals surface area (Å²) in [5.74, 6) is 0. The standard InChI is InChI=1S/C8H11NO2/c1-6-5-7(3-4-9-6)8(10)11-2/h3-5,8,10H,1-2H3. The van der Waals surface area contributed by atoms with Gasteiger partial charge in [0.05, 0.1) is 0 Å². The number of ether oxygens (including phenoxy) is 1. The summed E-state index contributed by atoms with van der Waals surface area (Å²) in [6.45, 7) is 1.87. The van der Waals surface area contributed by atoms with Crippen molar-refractivity contribution in [2.75, 3.05) is 7.11 Å². The Morgan fingerprint density at radius 1 is 1.64 bits per heavy atom. The van der Waals surface area contributed by atoms with Gasteiger partial charge in [0.15, 0.2) is 6.29 Å². The molecule has 0 aliphatic heterocycles. The van der Waals surface area contributed by atoms with Gasteiger partial charge in [0.2, 0.25) is 0 Å². The van der Waals surface area contributed by atoms with E-state index < -0.39 is 6.29 Å². The molecular formula is C8H11NO2. The molecule has 0 aliphatic rings. The van der Waals surface area contributed by atoms with Gasteiger partial charge >= 0.3 is 0 Å². The van der Waals surface area contributed by atoms with Crippen molar-refractivity contribution in [3.8, 4) is 0 Å². The summed E-state index contributed by atoms with van der Waals surface area (Å²) in [6, 6.07) is 3.51. The molecule has 11 heavy (non-hydrogen) atoms. The van der Waals surface area contributed by atoms with Crippen LogP contribution in [0.2, 0.25) is 0 Å². The molecule has 0 spiro atoms. The number of pyridine rings is 1. The highest BCUT2D eigenvalue weighted by molar-refractivity contribution is 5.16. The van der Waals surface area contributed by atoms with Crippen LogP contribution in [-0.2, 0) is 4.74 Å². The molecule has 1 aromatic rings. The van der Waals surface area contributed by atoms with Gasteiger partial charge in [0.25, 0.3) is 0 Å². The minimum absolute atomic E-state index is 0.736. The van der Waals surface area contributed by atoms with Crippen LogP contribution in [0.25, 0.3) is 0 Å². The monoisotopic (exact) mass is 153 g/mol. The molecule has 1 aromatic heterocycles. The van der Waals surface area contributed by atoms with Crippen LogP contribution in [0, 0.1) is 6.92 Å². The highest BCUT2D eigenvalue weighted by Gasteiger charge is 2.03. The second-order valence-electron chi connectivity index (χ2n) is 2.32. The smallest absolute Gasteiger partial charge is 0.180 e. The zero-order valence-electron chi connectivity index (χ0n) is 6.61. The van der Waals surface area contributed by atoms with E-state index in [9.17, 15) is 5.11 Å². The van der Waals surface area contributed by atoms with Gasteiger partial charge in [-0.3, -0.25) is 4.98 Å². The van der Waals surface area contributed by atoms with Crippen molar-refractivity contribution < 1.29 is 9.84 Å². The SMILES string of the molecule is COC(O)c1ccnc(C)c1. The first-order chi connectivity index (χ1) is 5.24. The lowest BCUT2D eigenvalue weighted by Gasteiger charge is -2.07. The molecule has 3 heteroatoms. The number of hydrogen-bond donors (Lipinski definition) is 1. The third-order valence-electron chi connectivity index (χ3n) is 1.43.